The molecule has 1 amide bonds. The van der Waals surface area contributed by atoms with E-state index in [9.17, 15) is 13.2 Å². The molecule has 0 aliphatic rings. The minimum Gasteiger partial charge on any atom is -0.354 e. The number of nitrogens with zero attached hydrogens (tertiary/aromatic N) is 2. The van der Waals surface area contributed by atoms with E-state index in [2.05, 4.69) is 5.32 Å². The molecule has 1 aromatic heterocycles. The summed E-state index contributed by atoms with van der Waals surface area (Å²) in [6.45, 7) is 3.61. The van der Waals surface area contributed by atoms with Crippen molar-refractivity contribution >= 4 is 15.7 Å². The van der Waals surface area contributed by atoms with Crippen molar-refractivity contribution in [2.24, 2.45) is 7.05 Å². The highest BCUT2D eigenvalue weighted by Gasteiger charge is 2.13. The van der Waals surface area contributed by atoms with Gasteiger partial charge in [-0.3, -0.25) is 4.79 Å². The summed E-state index contributed by atoms with van der Waals surface area (Å²) >= 11 is 0. The van der Waals surface area contributed by atoms with E-state index in [-0.39, 0.29) is 11.7 Å². The van der Waals surface area contributed by atoms with Crippen molar-refractivity contribution < 1.29 is 13.2 Å². The van der Waals surface area contributed by atoms with Gasteiger partial charge in [-0.25, -0.2) is 8.42 Å². The Kier molecular flexibility index (Phi) is 6.42. The summed E-state index contributed by atoms with van der Waals surface area (Å²) < 4.78 is 24.1. The first-order valence-corrected chi connectivity index (χ1v) is 9.09. The molecule has 0 aliphatic carbocycles. The second-order valence-corrected chi connectivity index (χ2v) is 7.59. The maximum atomic E-state index is 12.1. The number of nitrogens with one attached hydrogen (secondary N) is 1. The molecule has 0 aromatic carbocycles. The zero-order valence-electron chi connectivity index (χ0n) is 13.2. The first-order valence-electron chi connectivity index (χ1n) is 7.03. The monoisotopic (exact) mass is 315 g/mol. The lowest BCUT2D eigenvalue weighted by atomic mass is 10.2. The Morgan fingerprint density at radius 1 is 1.38 bits per heavy atom. The fourth-order valence-corrected chi connectivity index (χ4v) is 2.74. The number of carbonyl (C=O) groups is 1. The van der Waals surface area contributed by atoms with Crippen LogP contribution >= 0.6 is 0 Å². The van der Waals surface area contributed by atoms with E-state index >= 15 is 0 Å². The molecule has 7 heteroatoms. The fraction of sp³-hybridized carbons (Fsp3) is 0.643. The molecule has 1 rings (SSSR count). The number of hydrogen-bond acceptors (Lipinski definition) is 4. The molecule has 120 valence electrons. The summed E-state index contributed by atoms with van der Waals surface area (Å²) in [6.07, 6.45) is 3.91. The molecule has 1 N–H and O–H groups in total. The predicted molar refractivity (Wildman–Crippen MR) is 84.3 cm³/mol. The number of hydrogen-bond donors (Lipinski definition) is 1. The van der Waals surface area contributed by atoms with Gasteiger partial charge in [0, 0.05) is 44.8 Å². The summed E-state index contributed by atoms with van der Waals surface area (Å²) in [4.78, 5) is 14.0. The average molecular weight is 315 g/mol. The molecule has 0 bridgehead atoms. The molecule has 0 unspecified atom stereocenters. The standard InChI is InChI=1S/C14H25N3O3S/c1-5-13-12(6-8-17(13)3)14(18)15-7-9-16(2)10-11-21(4,19)20/h6,8H,5,7,9-11H2,1-4H3,(H,15,18). The number of rotatable bonds is 8. The van der Waals surface area contributed by atoms with Crippen LogP contribution in [0.3, 0.4) is 0 Å². The SMILES string of the molecule is CCc1c(C(=O)NCCN(C)CCS(C)(=O)=O)ccn1C. The van der Waals surface area contributed by atoms with Gasteiger partial charge in [-0.15, -0.1) is 0 Å². The van der Waals surface area contributed by atoms with E-state index in [0.717, 1.165) is 12.1 Å². The number of likely N-dealkylation sites (N-methyl/N-ethyl adjacent to an activating group) is 1. The van der Waals surface area contributed by atoms with Crippen molar-refractivity contribution in [1.82, 2.24) is 14.8 Å². The summed E-state index contributed by atoms with van der Waals surface area (Å²) in [5.74, 6) is 0.0554. The maximum absolute atomic E-state index is 12.1. The van der Waals surface area contributed by atoms with Crippen molar-refractivity contribution in [2.75, 3.05) is 38.7 Å². The van der Waals surface area contributed by atoms with Crippen molar-refractivity contribution in [3.63, 3.8) is 0 Å². The fourth-order valence-electron chi connectivity index (χ4n) is 2.10. The quantitative estimate of drug-likeness (QED) is 0.749. The van der Waals surface area contributed by atoms with Crippen molar-refractivity contribution in [3.8, 4) is 0 Å². The molecule has 0 saturated carbocycles. The molecule has 0 saturated heterocycles. The minimum atomic E-state index is -2.94. The van der Waals surface area contributed by atoms with Crippen LogP contribution in [0.1, 0.15) is 23.0 Å². The number of amides is 1. The largest absolute Gasteiger partial charge is 0.354 e. The van der Waals surface area contributed by atoms with E-state index in [0.29, 0.717) is 25.2 Å². The van der Waals surface area contributed by atoms with Gasteiger partial charge in [0.05, 0.1) is 11.3 Å². The van der Waals surface area contributed by atoms with Gasteiger partial charge < -0.3 is 14.8 Å². The second-order valence-electron chi connectivity index (χ2n) is 5.33. The number of aryl methyl sites for hydroxylation is 1. The van der Waals surface area contributed by atoms with Crippen LogP contribution in [-0.4, -0.2) is 62.5 Å². The number of aromatic nitrogens is 1. The van der Waals surface area contributed by atoms with Crippen LogP contribution in [0.2, 0.25) is 0 Å². The highest BCUT2D eigenvalue weighted by Crippen LogP contribution is 2.10. The molecule has 0 aliphatic heterocycles. The molecule has 1 heterocycles. The van der Waals surface area contributed by atoms with Gasteiger partial charge in [0.15, 0.2) is 0 Å². The third kappa shape index (κ3) is 5.89. The molecule has 6 nitrogen and oxygen atoms in total. The highest BCUT2D eigenvalue weighted by molar-refractivity contribution is 7.90. The predicted octanol–water partition coefficient (Wildman–Crippen LogP) is 0.294. The van der Waals surface area contributed by atoms with Crippen LogP contribution in [-0.2, 0) is 23.3 Å². The molecule has 1 aromatic rings. The summed E-state index contributed by atoms with van der Waals surface area (Å²) in [6, 6.07) is 1.82. The van der Waals surface area contributed by atoms with Crippen LogP contribution in [0.25, 0.3) is 0 Å². The van der Waals surface area contributed by atoms with Gasteiger partial charge >= 0.3 is 0 Å². The molecule has 0 radical (unpaired) electrons. The maximum Gasteiger partial charge on any atom is 0.253 e. The lowest BCUT2D eigenvalue weighted by Crippen LogP contribution is -2.35. The third-order valence-electron chi connectivity index (χ3n) is 3.40. The van der Waals surface area contributed by atoms with Gasteiger partial charge in [-0.05, 0) is 19.5 Å². The Hall–Kier alpha value is -1.34. The Labute approximate surface area is 127 Å². The van der Waals surface area contributed by atoms with E-state index in [1.165, 1.54) is 6.26 Å². The molecule has 0 spiro atoms. The Morgan fingerprint density at radius 2 is 2.05 bits per heavy atom. The van der Waals surface area contributed by atoms with Crippen LogP contribution in [0.4, 0.5) is 0 Å². The van der Waals surface area contributed by atoms with E-state index < -0.39 is 9.84 Å². The Morgan fingerprint density at radius 3 is 2.62 bits per heavy atom. The van der Waals surface area contributed by atoms with Crippen molar-refractivity contribution in [2.45, 2.75) is 13.3 Å². The third-order valence-corrected chi connectivity index (χ3v) is 4.33. The zero-order chi connectivity index (χ0) is 16.0. The Bertz CT molecular complexity index is 578. The van der Waals surface area contributed by atoms with Crippen LogP contribution in [0.5, 0.6) is 0 Å². The van der Waals surface area contributed by atoms with Gasteiger partial charge in [0.2, 0.25) is 0 Å². The summed E-state index contributed by atoms with van der Waals surface area (Å²) in [5.41, 5.74) is 1.72. The smallest absolute Gasteiger partial charge is 0.253 e. The van der Waals surface area contributed by atoms with Gasteiger partial charge in [-0.1, -0.05) is 6.92 Å². The van der Waals surface area contributed by atoms with Crippen molar-refractivity contribution in [3.05, 3.63) is 23.5 Å². The Balaban J connectivity index is 2.40. The van der Waals surface area contributed by atoms with Crippen molar-refractivity contribution in [1.29, 1.82) is 0 Å². The normalized spacial score (nSPS) is 11.9. The number of carbonyl (C=O) groups excluding carboxylic acids is 1. The van der Waals surface area contributed by atoms with Gasteiger partial charge in [0.25, 0.3) is 5.91 Å². The van der Waals surface area contributed by atoms with E-state index in [4.69, 9.17) is 0 Å². The highest BCUT2D eigenvalue weighted by atomic mass is 32.2. The van der Waals surface area contributed by atoms with Gasteiger partial charge in [-0.2, -0.15) is 0 Å². The topological polar surface area (TPSA) is 71.4 Å². The summed E-state index contributed by atoms with van der Waals surface area (Å²) in [7, 11) is 0.828. The van der Waals surface area contributed by atoms with E-state index in [1.54, 1.807) is 0 Å². The van der Waals surface area contributed by atoms with Gasteiger partial charge in [0.1, 0.15) is 9.84 Å². The van der Waals surface area contributed by atoms with E-state index in [1.807, 2.05) is 42.7 Å². The molecular weight excluding hydrogens is 290 g/mol. The lowest BCUT2D eigenvalue weighted by molar-refractivity contribution is 0.0949. The van der Waals surface area contributed by atoms with Crippen LogP contribution in [0.15, 0.2) is 12.3 Å². The molecule has 0 atom stereocenters. The zero-order valence-corrected chi connectivity index (χ0v) is 14.0. The first-order chi connectivity index (χ1) is 9.74. The summed E-state index contributed by atoms with van der Waals surface area (Å²) in [5, 5.41) is 2.87. The molecule has 21 heavy (non-hydrogen) atoms. The number of sulfone groups is 1. The minimum absolute atomic E-state index is 0.0797. The van der Waals surface area contributed by atoms with Crippen LogP contribution in [0, 0.1) is 0 Å². The lowest BCUT2D eigenvalue weighted by Gasteiger charge is -2.16. The first kappa shape index (κ1) is 17.7. The molecular formula is C14H25N3O3S. The second kappa shape index (κ2) is 7.61. The molecule has 0 fully saturated rings. The average Bonchev–Trinajstić information content (AvgIpc) is 2.76. The van der Waals surface area contributed by atoms with Crippen LogP contribution < -0.4 is 5.32 Å².